The molecule has 0 radical (unpaired) electrons. The molecule has 1 aliphatic carbocycles. The molecule has 5 nitrogen and oxygen atoms in total. The van der Waals surface area contributed by atoms with E-state index in [9.17, 15) is 0 Å². The molecule has 1 atom stereocenters. The minimum Gasteiger partial charge on any atom is -0.503 e. The van der Waals surface area contributed by atoms with Gasteiger partial charge >= 0.3 is 21.1 Å². The molecule has 5 heterocycles. The number of rotatable bonds is 3. The second-order valence-electron chi connectivity index (χ2n) is 19.5. The van der Waals surface area contributed by atoms with E-state index in [1.54, 1.807) is 0 Å². The number of aromatic nitrogens is 4. The summed E-state index contributed by atoms with van der Waals surface area (Å²) in [7, 11) is 0. The predicted molar refractivity (Wildman–Crippen MR) is 236 cm³/mol. The molecule has 0 bridgehead atoms. The van der Waals surface area contributed by atoms with Crippen molar-refractivity contribution >= 4 is 27.3 Å². The molecule has 0 N–H and O–H groups in total. The minimum atomic E-state index is -2.35. The average molecular weight is 957 g/mol. The van der Waals surface area contributed by atoms with Gasteiger partial charge in [0, 0.05) is 54.2 Å². The Labute approximate surface area is 366 Å². The van der Waals surface area contributed by atoms with Crippen molar-refractivity contribution in [2.75, 3.05) is 0 Å². The van der Waals surface area contributed by atoms with Gasteiger partial charge in [0.1, 0.15) is 0 Å². The summed E-state index contributed by atoms with van der Waals surface area (Å²) < 4.78 is 37.5. The van der Waals surface area contributed by atoms with Crippen molar-refractivity contribution < 1.29 is 29.9 Å². The van der Waals surface area contributed by atoms with Gasteiger partial charge in [-0.15, -0.1) is 29.8 Å². The summed E-state index contributed by atoms with van der Waals surface area (Å²) in [4.78, 5) is 5.63. The molecule has 298 valence electrons. The quantitative estimate of drug-likeness (QED) is 0.131. The zero-order valence-corrected chi connectivity index (χ0v) is 37.4. The van der Waals surface area contributed by atoms with E-state index in [-0.39, 0.29) is 48.1 Å². The summed E-state index contributed by atoms with van der Waals surface area (Å²) in [6, 6.07) is 38.4. The Morgan fingerprint density at radius 2 is 1.39 bits per heavy atom. The number of hydrogen-bond donors (Lipinski definition) is 0. The van der Waals surface area contributed by atoms with Crippen molar-refractivity contribution in [2.45, 2.75) is 109 Å². The molecular weight excluding hydrogens is 904 g/mol. The van der Waals surface area contributed by atoms with Crippen LogP contribution in [0.1, 0.15) is 113 Å². The number of hydrogen-bond acceptors (Lipinski definition) is 3. The molecule has 3 aromatic heterocycles. The number of pyridine rings is 1. The summed E-state index contributed by atoms with van der Waals surface area (Å²) in [6.07, 6.45) is 3.89. The Morgan fingerprint density at radius 3 is 2.17 bits per heavy atom. The van der Waals surface area contributed by atoms with Gasteiger partial charge in [-0.05, 0) is 58.3 Å². The van der Waals surface area contributed by atoms with Crippen LogP contribution in [0.15, 0.2) is 97.2 Å². The fourth-order valence-corrected chi connectivity index (χ4v) is 10.9. The first-order chi connectivity index (χ1) is 28.8. The van der Waals surface area contributed by atoms with Crippen LogP contribution in [0, 0.1) is 19.0 Å². The Bertz CT molecular complexity index is 3190. The fraction of sp³-hybridized carbons (Fsp3) is 0.321. The standard InChI is InChI=1S/C53H50N4O.Pt/c1-31-20-24-41-45-43(31)35-23-21-33(58-34-22-25-40-42(29-34)57-46(52(8,9)50(40,4)5)38(30-54-57)32-16-12-11-13-17-32)28-37(35)48-55-44-36-18-14-15-19-39(36)49(2,3)26-27-53(10,51(41,6)7)47(44)56(45)48;/h11-25,30H,26-27H2,1-10H3;/q-2;+2/i1D3;. The fourth-order valence-electron chi connectivity index (χ4n) is 10.9. The summed E-state index contributed by atoms with van der Waals surface area (Å²) in [5.41, 5.74) is 11.7. The smallest absolute Gasteiger partial charge is 0.503 e. The zero-order valence-electron chi connectivity index (χ0n) is 38.2. The Morgan fingerprint density at radius 1 is 0.678 bits per heavy atom. The average Bonchev–Trinajstić information content (AvgIpc) is 3.86. The summed E-state index contributed by atoms with van der Waals surface area (Å²) in [5.74, 6) is 1.03. The van der Waals surface area contributed by atoms with Crippen molar-refractivity contribution in [1.29, 1.82) is 0 Å². The number of fused-ring (bicyclic) bond motifs is 8. The molecular formula is C53H50N4OPt. The number of imidazole rings is 1. The van der Waals surface area contributed by atoms with Crippen LogP contribution in [-0.2, 0) is 48.1 Å². The van der Waals surface area contributed by atoms with Crippen LogP contribution in [0.5, 0.6) is 11.5 Å². The minimum absolute atomic E-state index is 0. The second-order valence-corrected chi connectivity index (χ2v) is 19.5. The first kappa shape index (κ1) is 34.8. The van der Waals surface area contributed by atoms with E-state index in [1.165, 1.54) is 5.56 Å². The molecule has 0 saturated heterocycles. The van der Waals surface area contributed by atoms with Gasteiger partial charge in [0.2, 0.25) is 0 Å². The molecule has 0 fully saturated rings. The number of benzene rings is 5. The normalized spacial score (nSPS) is 21.0. The molecule has 6 heteroatoms. The number of nitrogens with zero attached hydrogens (tertiary/aromatic N) is 4. The first-order valence-corrected chi connectivity index (χ1v) is 20.6. The second kappa shape index (κ2) is 12.3. The van der Waals surface area contributed by atoms with Gasteiger partial charge in [-0.3, -0.25) is 9.67 Å². The van der Waals surface area contributed by atoms with E-state index < -0.39 is 6.85 Å². The Hall–Kier alpha value is -4.99. The van der Waals surface area contributed by atoms with Crippen molar-refractivity contribution in [3.8, 4) is 39.6 Å². The third-order valence-electron chi connectivity index (χ3n) is 15.4. The molecule has 5 aromatic carbocycles. The topological polar surface area (TPSA) is 44.3 Å². The van der Waals surface area contributed by atoms with E-state index in [0.29, 0.717) is 17.1 Å². The van der Waals surface area contributed by atoms with Crippen LogP contribution in [0.4, 0.5) is 0 Å². The van der Waals surface area contributed by atoms with Crippen LogP contribution in [-0.4, -0.2) is 19.2 Å². The predicted octanol–water partition coefficient (Wildman–Crippen LogP) is 13.0. The third-order valence-corrected chi connectivity index (χ3v) is 15.4. The summed E-state index contributed by atoms with van der Waals surface area (Å²) >= 11 is 0. The van der Waals surface area contributed by atoms with Gasteiger partial charge in [-0.2, -0.15) is 11.2 Å². The zero-order chi connectivity index (χ0) is 42.8. The van der Waals surface area contributed by atoms with Gasteiger partial charge in [0.05, 0.1) is 23.2 Å². The first-order valence-electron chi connectivity index (χ1n) is 22.1. The maximum Gasteiger partial charge on any atom is 2.00 e. The maximum atomic E-state index is 8.80. The van der Waals surface area contributed by atoms with E-state index in [4.69, 9.17) is 18.9 Å². The van der Waals surface area contributed by atoms with Gasteiger partial charge in [0.25, 0.3) is 0 Å². The monoisotopic (exact) mass is 956 g/mol. The van der Waals surface area contributed by atoms with Crippen molar-refractivity contribution in [1.82, 2.24) is 19.2 Å². The van der Waals surface area contributed by atoms with E-state index in [0.717, 1.165) is 90.8 Å². The molecule has 59 heavy (non-hydrogen) atoms. The maximum absolute atomic E-state index is 8.80. The van der Waals surface area contributed by atoms with Crippen LogP contribution in [0.2, 0.25) is 0 Å². The molecule has 0 saturated carbocycles. The molecule has 1 unspecified atom stereocenters. The summed E-state index contributed by atoms with van der Waals surface area (Å²) in [5, 5.41) is 7.22. The number of ether oxygens (including phenoxy) is 1. The SMILES string of the molecule is [2H]C([2H])([2H])c1ccc2c3c1c1ccc(Oc4[c-]c5c(cc4)C(C)(C)C(C)(C)c4c(-c6ccccc6)cnn4-5)[c-]c1c1nc4c(n13)C(C)(CCC(C)(C)c1ccccc1-4)C2(C)C.[Pt+2]. The van der Waals surface area contributed by atoms with Gasteiger partial charge in [0.15, 0.2) is 0 Å². The van der Waals surface area contributed by atoms with Crippen molar-refractivity contribution in [3.05, 3.63) is 143 Å². The molecule has 0 spiro atoms. The molecule has 11 rings (SSSR count). The van der Waals surface area contributed by atoms with Crippen LogP contribution >= 0.6 is 0 Å². The van der Waals surface area contributed by atoms with Gasteiger partial charge < -0.3 is 9.14 Å². The van der Waals surface area contributed by atoms with Crippen LogP contribution in [0.3, 0.4) is 0 Å². The number of aryl methyl sites for hydroxylation is 1. The van der Waals surface area contributed by atoms with E-state index in [2.05, 4.69) is 140 Å². The Kier molecular flexibility index (Phi) is 7.26. The molecule has 2 aliphatic heterocycles. The molecule has 0 amide bonds. The van der Waals surface area contributed by atoms with E-state index >= 15 is 0 Å². The Balaban J connectivity index is 0.00000458. The third kappa shape index (κ3) is 4.83. The summed E-state index contributed by atoms with van der Waals surface area (Å²) in [6.45, 7) is 18.6. The van der Waals surface area contributed by atoms with Gasteiger partial charge in [-0.25, -0.2) is 0 Å². The van der Waals surface area contributed by atoms with Crippen LogP contribution in [0.25, 0.3) is 55.4 Å². The van der Waals surface area contributed by atoms with Crippen molar-refractivity contribution in [2.24, 2.45) is 0 Å². The van der Waals surface area contributed by atoms with Crippen LogP contribution < -0.4 is 4.74 Å². The largest absolute Gasteiger partial charge is 2.00 e. The van der Waals surface area contributed by atoms with Gasteiger partial charge in [-0.1, -0.05) is 151 Å². The van der Waals surface area contributed by atoms with Crippen molar-refractivity contribution in [3.63, 3.8) is 0 Å². The molecule has 8 aromatic rings. The van der Waals surface area contributed by atoms with E-state index in [1.807, 2.05) is 41.2 Å². The molecule has 3 aliphatic rings.